The summed E-state index contributed by atoms with van der Waals surface area (Å²) in [6.45, 7) is 3.42. The molecular weight excluding hydrogens is 202 g/mol. The minimum Gasteiger partial charge on any atom is -0.396 e. The van der Waals surface area contributed by atoms with Gasteiger partial charge in [0.05, 0.1) is 6.26 Å². The number of sulfonamides is 1. The molecule has 0 aromatic carbocycles. The van der Waals surface area contributed by atoms with Crippen molar-refractivity contribution in [3.8, 4) is 0 Å². The molecule has 0 saturated carbocycles. The fourth-order valence-electron chi connectivity index (χ4n) is 1.93. The van der Waals surface area contributed by atoms with Crippen molar-refractivity contribution in [2.75, 3.05) is 26.0 Å². The molecule has 1 aliphatic heterocycles. The smallest absolute Gasteiger partial charge is 0.211 e. The summed E-state index contributed by atoms with van der Waals surface area (Å²) in [6, 6.07) is 0. The van der Waals surface area contributed by atoms with E-state index in [4.69, 9.17) is 5.11 Å². The molecule has 14 heavy (non-hydrogen) atoms. The largest absolute Gasteiger partial charge is 0.396 e. The first-order valence-corrected chi connectivity index (χ1v) is 6.86. The molecule has 1 unspecified atom stereocenters. The number of aliphatic hydroxyl groups is 1. The first-order chi connectivity index (χ1) is 6.45. The first kappa shape index (κ1) is 11.9. The molecule has 1 N–H and O–H groups in total. The molecular formula is C9H19NO3S. The van der Waals surface area contributed by atoms with Crippen LogP contribution in [0.3, 0.4) is 0 Å². The van der Waals surface area contributed by atoms with Gasteiger partial charge in [-0.25, -0.2) is 12.7 Å². The van der Waals surface area contributed by atoms with Crippen LogP contribution in [0.15, 0.2) is 0 Å². The summed E-state index contributed by atoms with van der Waals surface area (Å²) < 4.78 is 23.9. The van der Waals surface area contributed by atoms with Gasteiger partial charge in [-0.05, 0) is 24.7 Å². The fraction of sp³-hybridized carbons (Fsp3) is 1.00. The minimum atomic E-state index is -3.01. The van der Waals surface area contributed by atoms with Crippen molar-refractivity contribution >= 4 is 10.0 Å². The van der Waals surface area contributed by atoms with Crippen LogP contribution in [0.25, 0.3) is 0 Å². The van der Waals surface area contributed by atoms with Crippen LogP contribution in [-0.4, -0.2) is 43.8 Å². The van der Waals surface area contributed by atoms with Gasteiger partial charge in [-0.1, -0.05) is 6.92 Å². The molecule has 5 heteroatoms. The van der Waals surface area contributed by atoms with Crippen molar-refractivity contribution in [1.82, 2.24) is 4.31 Å². The van der Waals surface area contributed by atoms with E-state index in [2.05, 4.69) is 0 Å². The van der Waals surface area contributed by atoms with E-state index < -0.39 is 10.0 Å². The summed E-state index contributed by atoms with van der Waals surface area (Å²) in [4.78, 5) is 0. The van der Waals surface area contributed by atoms with E-state index in [9.17, 15) is 8.42 Å². The summed E-state index contributed by atoms with van der Waals surface area (Å²) in [7, 11) is -3.01. The van der Waals surface area contributed by atoms with Gasteiger partial charge in [0.25, 0.3) is 0 Å². The minimum absolute atomic E-state index is 0.198. The molecule has 0 spiro atoms. The zero-order valence-electron chi connectivity index (χ0n) is 8.81. The molecule has 1 heterocycles. The Morgan fingerprint density at radius 1 is 1.43 bits per heavy atom. The third-order valence-electron chi connectivity index (χ3n) is 3.06. The maximum Gasteiger partial charge on any atom is 0.211 e. The highest BCUT2D eigenvalue weighted by molar-refractivity contribution is 7.88. The average molecular weight is 221 g/mol. The fourth-order valence-corrected chi connectivity index (χ4v) is 2.80. The van der Waals surface area contributed by atoms with Gasteiger partial charge >= 0.3 is 0 Å². The second kappa shape index (κ2) is 4.59. The van der Waals surface area contributed by atoms with Crippen LogP contribution in [0.2, 0.25) is 0 Å². The number of hydrogen-bond acceptors (Lipinski definition) is 3. The van der Waals surface area contributed by atoms with Gasteiger partial charge in [-0.2, -0.15) is 0 Å². The average Bonchev–Trinajstić information content (AvgIpc) is 2.15. The lowest BCUT2D eigenvalue weighted by molar-refractivity contribution is 0.146. The molecule has 1 fully saturated rings. The Bertz CT molecular complexity index is 268. The summed E-state index contributed by atoms with van der Waals surface area (Å²) in [5.41, 5.74) is 0. The molecule has 1 aliphatic rings. The van der Waals surface area contributed by atoms with E-state index in [1.54, 1.807) is 0 Å². The van der Waals surface area contributed by atoms with Crippen molar-refractivity contribution in [2.45, 2.75) is 19.8 Å². The Hall–Kier alpha value is -0.130. The quantitative estimate of drug-likeness (QED) is 0.745. The predicted octanol–water partition coefficient (Wildman–Crippen LogP) is 0.286. The second-order valence-electron chi connectivity index (χ2n) is 4.16. The van der Waals surface area contributed by atoms with E-state index in [1.165, 1.54) is 10.6 Å². The van der Waals surface area contributed by atoms with Crippen molar-refractivity contribution in [1.29, 1.82) is 0 Å². The Morgan fingerprint density at radius 2 is 1.93 bits per heavy atom. The van der Waals surface area contributed by atoms with E-state index in [-0.39, 0.29) is 12.5 Å². The zero-order valence-corrected chi connectivity index (χ0v) is 9.63. The SMILES string of the molecule is CC(CO)C1CCN(S(C)(=O)=O)CC1. The lowest BCUT2D eigenvalue weighted by Gasteiger charge is -2.32. The van der Waals surface area contributed by atoms with E-state index in [0.29, 0.717) is 19.0 Å². The van der Waals surface area contributed by atoms with Gasteiger partial charge in [0.2, 0.25) is 10.0 Å². The molecule has 0 aromatic heterocycles. The van der Waals surface area contributed by atoms with Crippen LogP contribution >= 0.6 is 0 Å². The Balaban J connectivity index is 2.47. The summed E-state index contributed by atoms with van der Waals surface area (Å²) in [6.07, 6.45) is 2.99. The van der Waals surface area contributed by atoms with Gasteiger partial charge in [-0.15, -0.1) is 0 Å². The topological polar surface area (TPSA) is 57.6 Å². The van der Waals surface area contributed by atoms with Gasteiger partial charge in [0.15, 0.2) is 0 Å². The molecule has 1 rings (SSSR count). The Labute approximate surface area is 86.0 Å². The number of piperidine rings is 1. The van der Waals surface area contributed by atoms with Crippen LogP contribution in [0.5, 0.6) is 0 Å². The van der Waals surface area contributed by atoms with Crippen molar-refractivity contribution in [2.24, 2.45) is 11.8 Å². The number of aliphatic hydroxyl groups excluding tert-OH is 1. The van der Waals surface area contributed by atoms with Gasteiger partial charge in [-0.3, -0.25) is 0 Å². The van der Waals surface area contributed by atoms with Gasteiger partial charge in [0.1, 0.15) is 0 Å². The van der Waals surface area contributed by atoms with Crippen LogP contribution in [-0.2, 0) is 10.0 Å². The maximum absolute atomic E-state index is 11.2. The normalized spacial score (nSPS) is 23.6. The number of hydrogen-bond donors (Lipinski definition) is 1. The molecule has 0 bridgehead atoms. The molecule has 4 nitrogen and oxygen atoms in total. The zero-order chi connectivity index (χ0) is 10.8. The highest BCUT2D eigenvalue weighted by Gasteiger charge is 2.27. The number of rotatable bonds is 3. The standard InChI is InChI=1S/C9H19NO3S/c1-8(7-11)9-3-5-10(6-4-9)14(2,12)13/h8-9,11H,3-7H2,1-2H3. The van der Waals surface area contributed by atoms with Gasteiger partial charge in [0, 0.05) is 19.7 Å². The van der Waals surface area contributed by atoms with E-state index >= 15 is 0 Å². The summed E-state index contributed by atoms with van der Waals surface area (Å²) >= 11 is 0. The van der Waals surface area contributed by atoms with E-state index in [0.717, 1.165) is 12.8 Å². The third-order valence-corrected chi connectivity index (χ3v) is 4.36. The highest BCUT2D eigenvalue weighted by atomic mass is 32.2. The predicted molar refractivity (Wildman–Crippen MR) is 55.4 cm³/mol. The molecule has 1 saturated heterocycles. The van der Waals surface area contributed by atoms with Gasteiger partial charge < -0.3 is 5.11 Å². The third kappa shape index (κ3) is 2.93. The molecule has 0 radical (unpaired) electrons. The lowest BCUT2D eigenvalue weighted by atomic mass is 9.87. The monoisotopic (exact) mass is 221 g/mol. The number of nitrogens with zero attached hydrogens (tertiary/aromatic N) is 1. The lowest BCUT2D eigenvalue weighted by Crippen LogP contribution is -2.39. The highest BCUT2D eigenvalue weighted by Crippen LogP contribution is 2.25. The molecule has 1 atom stereocenters. The van der Waals surface area contributed by atoms with Crippen LogP contribution in [0.4, 0.5) is 0 Å². The Kier molecular flexibility index (Phi) is 3.92. The van der Waals surface area contributed by atoms with Crippen molar-refractivity contribution < 1.29 is 13.5 Å². The second-order valence-corrected chi connectivity index (χ2v) is 6.14. The first-order valence-electron chi connectivity index (χ1n) is 5.01. The maximum atomic E-state index is 11.2. The van der Waals surface area contributed by atoms with Crippen molar-refractivity contribution in [3.05, 3.63) is 0 Å². The van der Waals surface area contributed by atoms with Crippen LogP contribution in [0.1, 0.15) is 19.8 Å². The van der Waals surface area contributed by atoms with Crippen molar-refractivity contribution in [3.63, 3.8) is 0 Å². The summed E-state index contributed by atoms with van der Waals surface area (Å²) in [5, 5.41) is 8.98. The molecule has 0 amide bonds. The van der Waals surface area contributed by atoms with E-state index in [1.807, 2.05) is 6.92 Å². The summed E-state index contributed by atoms with van der Waals surface area (Å²) in [5.74, 6) is 0.759. The van der Waals surface area contributed by atoms with Crippen LogP contribution in [0, 0.1) is 11.8 Å². The molecule has 84 valence electrons. The molecule has 0 aromatic rings. The Morgan fingerprint density at radius 3 is 2.29 bits per heavy atom. The van der Waals surface area contributed by atoms with Crippen LogP contribution < -0.4 is 0 Å². The molecule has 0 aliphatic carbocycles.